The van der Waals surface area contributed by atoms with E-state index in [2.05, 4.69) is 9.71 Å². The van der Waals surface area contributed by atoms with Crippen LogP contribution < -0.4 is 9.62 Å². The van der Waals surface area contributed by atoms with Gasteiger partial charge in [0, 0.05) is 19.1 Å². The molecular formula is C12H19N3O5S. The van der Waals surface area contributed by atoms with Crippen molar-refractivity contribution in [1.82, 2.24) is 9.71 Å². The number of rotatable bonds is 5. The maximum absolute atomic E-state index is 11.5. The molecule has 0 amide bonds. The SMILES string of the molecule is CCOC(=O)c1coc(N2CCC(NS(C)(=O)=O)CC2)n1. The first-order valence-electron chi connectivity index (χ1n) is 6.74. The van der Waals surface area contributed by atoms with E-state index in [0.717, 1.165) is 6.26 Å². The molecule has 1 aromatic heterocycles. The number of piperidine rings is 1. The number of ether oxygens (including phenoxy) is 1. The van der Waals surface area contributed by atoms with E-state index in [0.29, 0.717) is 31.9 Å². The molecule has 2 rings (SSSR count). The topological polar surface area (TPSA) is 102 Å². The third-order valence-corrected chi connectivity index (χ3v) is 3.88. The van der Waals surface area contributed by atoms with Gasteiger partial charge in [0.2, 0.25) is 10.0 Å². The molecule has 0 aliphatic carbocycles. The lowest BCUT2D eigenvalue weighted by Crippen LogP contribution is -2.44. The summed E-state index contributed by atoms with van der Waals surface area (Å²) in [6, 6.07) is 0.284. The number of carbonyl (C=O) groups is 1. The summed E-state index contributed by atoms with van der Waals surface area (Å²) in [6.45, 7) is 3.22. The van der Waals surface area contributed by atoms with Crippen LogP contribution in [0, 0.1) is 0 Å². The second kappa shape index (κ2) is 6.44. The van der Waals surface area contributed by atoms with Gasteiger partial charge in [-0.25, -0.2) is 17.9 Å². The molecule has 0 radical (unpaired) electrons. The van der Waals surface area contributed by atoms with Crippen LogP contribution in [0.5, 0.6) is 0 Å². The Kier molecular flexibility index (Phi) is 4.84. The van der Waals surface area contributed by atoms with Gasteiger partial charge in [-0.15, -0.1) is 0 Å². The Labute approximate surface area is 123 Å². The number of nitrogens with one attached hydrogen (secondary N) is 1. The summed E-state index contributed by atoms with van der Waals surface area (Å²) in [6.07, 6.45) is 3.74. The van der Waals surface area contributed by atoms with Crippen LogP contribution in [0.2, 0.25) is 0 Å². The van der Waals surface area contributed by atoms with Crippen molar-refractivity contribution in [3.8, 4) is 0 Å². The minimum Gasteiger partial charge on any atom is -0.461 e. The summed E-state index contributed by atoms with van der Waals surface area (Å²) in [7, 11) is -3.19. The summed E-state index contributed by atoms with van der Waals surface area (Å²) >= 11 is 0. The quantitative estimate of drug-likeness (QED) is 0.783. The molecule has 1 aliphatic heterocycles. The standard InChI is InChI=1S/C12H19N3O5S/c1-3-19-11(16)10-8-20-12(13-10)15-6-4-9(5-7-15)14-21(2,17)18/h8-9,14H,3-7H2,1-2H3. The first-order chi connectivity index (χ1) is 9.89. The van der Waals surface area contributed by atoms with E-state index in [9.17, 15) is 13.2 Å². The Morgan fingerprint density at radius 2 is 2.19 bits per heavy atom. The Balaban J connectivity index is 1.92. The van der Waals surface area contributed by atoms with E-state index < -0.39 is 16.0 Å². The van der Waals surface area contributed by atoms with E-state index in [-0.39, 0.29) is 18.3 Å². The third-order valence-electron chi connectivity index (χ3n) is 3.12. The van der Waals surface area contributed by atoms with Crippen LogP contribution in [-0.4, -0.2) is 51.4 Å². The molecule has 0 atom stereocenters. The van der Waals surface area contributed by atoms with E-state index in [4.69, 9.17) is 9.15 Å². The van der Waals surface area contributed by atoms with Gasteiger partial charge in [0.05, 0.1) is 12.9 Å². The van der Waals surface area contributed by atoms with Gasteiger partial charge < -0.3 is 14.1 Å². The fraction of sp³-hybridized carbons (Fsp3) is 0.667. The lowest BCUT2D eigenvalue weighted by molar-refractivity contribution is 0.0519. The molecule has 8 nitrogen and oxygen atoms in total. The van der Waals surface area contributed by atoms with Gasteiger partial charge in [-0.3, -0.25) is 0 Å². The maximum atomic E-state index is 11.5. The van der Waals surface area contributed by atoms with Gasteiger partial charge in [0.25, 0.3) is 6.01 Å². The van der Waals surface area contributed by atoms with Gasteiger partial charge in [-0.05, 0) is 19.8 Å². The molecule has 0 unspecified atom stereocenters. The number of esters is 1. The van der Waals surface area contributed by atoms with Crippen LogP contribution in [0.3, 0.4) is 0 Å². The zero-order valence-corrected chi connectivity index (χ0v) is 12.9. The van der Waals surface area contributed by atoms with Crippen molar-refractivity contribution in [2.75, 3.05) is 30.9 Å². The average molecular weight is 317 g/mol. The predicted molar refractivity (Wildman–Crippen MR) is 75.7 cm³/mol. The van der Waals surface area contributed by atoms with Gasteiger partial charge >= 0.3 is 5.97 Å². The fourth-order valence-electron chi connectivity index (χ4n) is 2.20. The van der Waals surface area contributed by atoms with Crippen molar-refractivity contribution in [2.24, 2.45) is 0 Å². The van der Waals surface area contributed by atoms with E-state index in [1.807, 2.05) is 4.90 Å². The Bertz CT molecular complexity index is 590. The summed E-state index contributed by atoms with van der Waals surface area (Å²) < 4.78 is 35.1. The van der Waals surface area contributed by atoms with Gasteiger partial charge in [-0.2, -0.15) is 4.98 Å². The molecule has 0 bridgehead atoms. The first-order valence-corrected chi connectivity index (χ1v) is 8.63. The van der Waals surface area contributed by atoms with Gasteiger partial charge in [0.1, 0.15) is 6.26 Å². The maximum Gasteiger partial charge on any atom is 0.360 e. The van der Waals surface area contributed by atoms with Crippen LogP contribution in [0.25, 0.3) is 0 Å². The van der Waals surface area contributed by atoms with Crippen molar-refractivity contribution in [1.29, 1.82) is 0 Å². The van der Waals surface area contributed by atoms with Crippen LogP contribution >= 0.6 is 0 Å². The lowest BCUT2D eigenvalue weighted by Gasteiger charge is -2.30. The molecule has 118 valence electrons. The molecular weight excluding hydrogens is 298 g/mol. The Hall–Kier alpha value is -1.61. The number of carbonyl (C=O) groups excluding carboxylic acids is 1. The van der Waals surface area contributed by atoms with Crippen LogP contribution in [0.1, 0.15) is 30.3 Å². The zero-order chi connectivity index (χ0) is 15.5. The van der Waals surface area contributed by atoms with Crippen molar-refractivity contribution in [2.45, 2.75) is 25.8 Å². The Morgan fingerprint density at radius 3 is 2.76 bits per heavy atom. The normalized spacial score (nSPS) is 17.0. The van der Waals surface area contributed by atoms with Crippen LogP contribution in [0.15, 0.2) is 10.7 Å². The predicted octanol–water partition coefficient (Wildman–Crippen LogP) is 0.369. The van der Waals surface area contributed by atoms with Gasteiger partial charge in [-0.1, -0.05) is 0 Å². The molecule has 2 heterocycles. The molecule has 1 saturated heterocycles. The first kappa shape index (κ1) is 15.8. The highest BCUT2D eigenvalue weighted by molar-refractivity contribution is 7.88. The molecule has 0 aromatic carbocycles. The molecule has 1 aliphatic rings. The van der Waals surface area contributed by atoms with Crippen molar-refractivity contribution >= 4 is 22.0 Å². The number of hydrogen-bond acceptors (Lipinski definition) is 7. The van der Waals surface area contributed by atoms with E-state index in [1.165, 1.54) is 6.26 Å². The lowest BCUT2D eigenvalue weighted by atomic mass is 10.1. The van der Waals surface area contributed by atoms with E-state index in [1.54, 1.807) is 6.92 Å². The highest BCUT2D eigenvalue weighted by Gasteiger charge is 2.25. The highest BCUT2D eigenvalue weighted by Crippen LogP contribution is 2.20. The van der Waals surface area contributed by atoms with Crippen LogP contribution in [-0.2, 0) is 14.8 Å². The number of nitrogens with zero attached hydrogens (tertiary/aromatic N) is 2. The number of aromatic nitrogens is 1. The van der Waals surface area contributed by atoms with E-state index >= 15 is 0 Å². The molecule has 21 heavy (non-hydrogen) atoms. The number of oxazole rings is 1. The third kappa shape index (κ3) is 4.43. The fourth-order valence-corrected chi connectivity index (χ4v) is 3.04. The molecule has 9 heteroatoms. The smallest absolute Gasteiger partial charge is 0.360 e. The van der Waals surface area contributed by atoms with Gasteiger partial charge in [0.15, 0.2) is 5.69 Å². The molecule has 1 N–H and O–H groups in total. The summed E-state index contributed by atoms with van der Waals surface area (Å²) in [5.74, 6) is -0.513. The highest BCUT2D eigenvalue weighted by atomic mass is 32.2. The Morgan fingerprint density at radius 1 is 1.52 bits per heavy atom. The minimum absolute atomic E-state index is 0.0734. The molecule has 1 fully saturated rings. The van der Waals surface area contributed by atoms with Crippen molar-refractivity contribution < 1.29 is 22.4 Å². The number of anilines is 1. The summed E-state index contributed by atoms with van der Waals surface area (Å²) in [4.78, 5) is 17.5. The molecule has 0 saturated carbocycles. The zero-order valence-electron chi connectivity index (χ0n) is 12.0. The van der Waals surface area contributed by atoms with Crippen molar-refractivity contribution in [3.05, 3.63) is 12.0 Å². The summed E-state index contributed by atoms with van der Waals surface area (Å²) in [5, 5.41) is 0. The molecule has 1 aromatic rings. The van der Waals surface area contributed by atoms with Crippen LogP contribution in [0.4, 0.5) is 6.01 Å². The summed E-state index contributed by atoms with van der Waals surface area (Å²) in [5.41, 5.74) is 0.142. The number of hydrogen-bond donors (Lipinski definition) is 1. The second-order valence-electron chi connectivity index (χ2n) is 4.89. The van der Waals surface area contributed by atoms with Crippen molar-refractivity contribution in [3.63, 3.8) is 0 Å². The average Bonchev–Trinajstić information content (AvgIpc) is 2.87. The monoisotopic (exact) mass is 317 g/mol. The molecule has 0 spiro atoms. The minimum atomic E-state index is -3.19. The second-order valence-corrected chi connectivity index (χ2v) is 6.67. The number of sulfonamides is 1. The largest absolute Gasteiger partial charge is 0.461 e.